The summed E-state index contributed by atoms with van der Waals surface area (Å²) in [7, 11) is 0. The summed E-state index contributed by atoms with van der Waals surface area (Å²) in [6.45, 7) is 4.66. The molecule has 1 aliphatic rings. The van der Waals surface area contributed by atoms with Crippen LogP contribution in [0.4, 0.5) is 0 Å². The minimum absolute atomic E-state index is 0.832. The summed E-state index contributed by atoms with van der Waals surface area (Å²) in [5.74, 6) is 1.98. The van der Waals surface area contributed by atoms with Gasteiger partial charge in [-0.05, 0) is 31.1 Å². The lowest BCUT2D eigenvalue weighted by atomic mass is 9.88. The Hall–Kier alpha value is 0.480. The maximum atomic E-state index is 3.83. The van der Waals surface area contributed by atoms with E-state index < -0.39 is 0 Å². The highest BCUT2D eigenvalue weighted by molar-refractivity contribution is 9.09. The SMILES string of the molecule is CCCCC(CC)CC1CCCC1Br. The molecule has 0 saturated heterocycles. The standard InChI is InChI=1S/C13H25Br/c1-3-5-7-11(4-2)10-12-8-6-9-13(12)14/h11-13H,3-10H2,1-2H3. The monoisotopic (exact) mass is 260 g/mol. The molecule has 1 saturated carbocycles. The van der Waals surface area contributed by atoms with Gasteiger partial charge < -0.3 is 0 Å². The molecule has 1 heteroatoms. The molecule has 0 spiro atoms. The predicted molar refractivity (Wildman–Crippen MR) is 68.0 cm³/mol. The second-order valence-electron chi connectivity index (χ2n) is 4.86. The van der Waals surface area contributed by atoms with Crippen molar-refractivity contribution in [2.75, 3.05) is 0 Å². The van der Waals surface area contributed by atoms with E-state index in [-0.39, 0.29) is 0 Å². The Morgan fingerprint density at radius 3 is 2.57 bits per heavy atom. The second kappa shape index (κ2) is 6.87. The Labute approximate surface area is 98.0 Å². The third-order valence-electron chi connectivity index (χ3n) is 3.75. The van der Waals surface area contributed by atoms with E-state index in [0.717, 1.165) is 16.7 Å². The van der Waals surface area contributed by atoms with Crippen molar-refractivity contribution in [2.24, 2.45) is 11.8 Å². The molecule has 0 aromatic rings. The third-order valence-corrected chi connectivity index (χ3v) is 4.95. The Balaban J connectivity index is 2.24. The Morgan fingerprint density at radius 2 is 2.07 bits per heavy atom. The molecular formula is C13H25Br. The zero-order valence-corrected chi connectivity index (χ0v) is 11.4. The average Bonchev–Trinajstić information content (AvgIpc) is 2.59. The van der Waals surface area contributed by atoms with E-state index in [2.05, 4.69) is 29.8 Å². The van der Waals surface area contributed by atoms with Gasteiger partial charge in [0, 0.05) is 4.83 Å². The van der Waals surface area contributed by atoms with Crippen molar-refractivity contribution >= 4 is 15.9 Å². The highest BCUT2D eigenvalue weighted by Crippen LogP contribution is 2.37. The van der Waals surface area contributed by atoms with Gasteiger partial charge >= 0.3 is 0 Å². The normalized spacial score (nSPS) is 29.4. The van der Waals surface area contributed by atoms with Gasteiger partial charge in [-0.25, -0.2) is 0 Å². The molecule has 1 aliphatic carbocycles. The van der Waals surface area contributed by atoms with Crippen molar-refractivity contribution in [1.29, 1.82) is 0 Å². The average molecular weight is 261 g/mol. The molecule has 84 valence electrons. The largest absolute Gasteiger partial charge is 0.0888 e. The highest BCUT2D eigenvalue weighted by atomic mass is 79.9. The van der Waals surface area contributed by atoms with Crippen molar-refractivity contribution in [3.8, 4) is 0 Å². The number of rotatable bonds is 6. The van der Waals surface area contributed by atoms with E-state index in [1.54, 1.807) is 0 Å². The summed E-state index contributed by atoms with van der Waals surface area (Å²) in [6.07, 6.45) is 11.4. The van der Waals surface area contributed by atoms with Gasteiger partial charge in [0.25, 0.3) is 0 Å². The molecule has 0 amide bonds. The summed E-state index contributed by atoms with van der Waals surface area (Å²) >= 11 is 3.83. The second-order valence-corrected chi connectivity index (χ2v) is 6.04. The molecule has 0 aromatic carbocycles. The first-order chi connectivity index (χ1) is 6.77. The van der Waals surface area contributed by atoms with Gasteiger partial charge in [0.15, 0.2) is 0 Å². The fraction of sp³-hybridized carbons (Fsp3) is 1.00. The van der Waals surface area contributed by atoms with Gasteiger partial charge in [-0.15, -0.1) is 0 Å². The molecular weight excluding hydrogens is 236 g/mol. The molecule has 0 radical (unpaired) electrons. The van der Waals surface area contributed by atoms with Crippen molar-refractivity contribution < 1.29 is 0 Å². The molecule has 0 heterocycles. The van der Waals surface area contributed by atoms with Gasteiger partial charge in [-0.3, -0.25) is 0 Å². The first-order valence-electron chi connectivity index (χ1n) is 6.42. The van der Waals surface area contributed by atoms with Crippen LogP contribution in [0.3, 0.4) is 0 Å². The summed E-state index contributed by atoms with van der Waals surface area (Å²) in [4.78, 5) is 0.832. The number of hydrogen-bond acceptors (Lipinski definition) is 0. The number of hydrogen-bond donors (Lipinski definition) is 0. The topological polar surface area (TPSA) is 0 Å². The van der Waals surface area contributed by atoms with Crippen molar-refractivity contribution in [3.05, 3.63) is 0 Å². The van der Waals surface area contributed by atoms with Crippen LogP contribution in [0.2, 0.25) is 0 Å². The first-order valence-corrected chi connectivity index (χ1v) is 7.33. The zero-order chi connectivity index (χ0) is 10.4. The van der Waals surface area contributed by atoms with E-state index >= 15 is 0 Å². The van der Waals surface area contributed by atoms with E-state index in [9.17, 15) is 0 Å². The number of halogens is 1. The number of alkyl halides is 1. The summed E-state index contributed by atoms with van der Waals surface area (Å²) in [5, 5.41) is 0. The van der Waals surface area contributed by atoms with Crippen LogP contribution in [0.15, 0.2) is 0 Å². The van der Waals surface area contributed by atoms with E-state index in [1.165, 1.54) is 51.4 Å². The van der Waals surface area contributed by atoms with Gasteiger partial charge in [0.2, 0.25) is 0 Å². The summed E-state index contributed by atoms with van der Waals surface area (Å²) < 4.78 is 0. The van der Waals surface area contributed by atoms with E-state index in [0.29, 0.717) is 0 Å². The van der Waals surface area contributed by atoms with Gasteiger partial charge in [0.1, 0.15) is 0 Å². The lowest BCUT2D eigenvalue weighted by molar-refractivity contribution is 0.346. The molecule has 0 N–H and O–H groups in total. The van der Waals surface area contributed by atoms with E-state index in [1.807, 2.05) is 0 Å². The fourth-order valence-corrected chi connectivity index (χ4v) is 3.47. The van der Waals surface area contributed by atoms with Crippen molar-refractivity contribution in [3.63, 3.8) is 0 Å². The first kappa shape index (κ1) is 12.5. The molecule has 0 aliphatic heterocycles. The minimum Gasteiger partial charge on any atom is -0.0888 e. The minimum atomic E-state index is 0.832. The molecule has 3 atom stereocenters. The molecule has 0 aromatic heterocycles. The molecule has 0 nitrogen and oxygen atoms in total. The zero-order valence-electron chi connectivity index (χ0n) is 9.77. The van der Waals surface area contributed by atoms with Crippen LogP contribution in [0.5, 0.6) is 0 Å². The maximum absolute atomic E-state index is 3.83. The van der Waals surface area contributed by atoms with Gasteiger partial charge in [0.05, 0.1) is 0 Å². The Morgan fingerprint density at radius 1 is 1.29 bits per heavy atom. The molecule has 1 fully saturated rings. The molecule has 1 rings (SSSR count). The van der Waals surface area contributed by atoms with Crippen molar-refractivity contribution in [1.82, 2.24) is 0 Å². The lowest BCUT2D eigenvalue weighted by Crippen LogP contribution is -2.12. The van der Waals surface area contributed by atoms with Crippen molar-refractivity contribution in [2.45, 2.75) is 70.0 Å². The van der Waals surface area contributed by atoms with E-state index in [4.69, 9.17) is 0 Å². The lowest BCUT2D eigenvalue weighted by Gasteiger charge is -2.21. The van der Waals surface area contributed by atoms with Gasteiger partial charge in [-0.2, -0.15) is 0 Å². The van der Waals surface area contributed by atoms with Crippen LogP contribution >= 0.6 is 15.9 Å². The molecule has 3 unspecified atom stereocenters. The smallest absolute Gasteiger partial charge is 0.0174 e. The molecule has 14 heavy (non-hydrogen) atoms. The van der Waals surface area contributed by atoms with Crippen LogP contribution in [0.1, 0.15) is 65.2 Å². The Bertz CT molecular complexity index is 144. The Kier molecular flexibility index (Phi) is 6.16. The summed E-state index contributed by atoms with van der Waals surface area (Å²) in [5.41, 5.74) is 0. The fourth-order valence-electron chi connectivity index (χ4n) is 2.67. The van der Waals surface area contributed by atoms with Crippen LogP contribution in [-0.2, 0) is 0 Å². The van der Waals surface area contributed by atoms with Crippen LogP contribution in [0.25, 0.3) is 0 Å². The molecule has 0 bridgehead atoms. The van der Waals surface area contributed by atoms with Crippen LogP contribution in [0, 0.1) is 11.8 Å². The maximum Gasteiger partial charge on any atom is 0.0174 e. The highest BCUT2D eigenvalue weighted by Gasteiger charge is 2.26. The predicted octanol–water partition coefficient (Wildman–Crippen LogP) is 5.16. The van der Waals surface area contributed by atoms with Gasteiger partial charge in [-0.1, -0.05) is 61.9 Å². The van der Waals surface area contributed by atoms with Crippen LogP contribution < -0.4 is 0 Å². The van der Waals surface area contributed by atoms with Crippen LogP contribution in [-0.4, -0.2) is 4.83 Å². The third kappa shape index (κ3) is 3.92. The summed E-state index contributed by atoms with van der Waals surface area (Å²) in [6, 6.07) is 0. The number of unbranched alkanes of at least 4 members (excludes halogenated alkanes) is 1. The quantitative estimate of drug-likeness (QED) is 0.579.